The average Bonchev–Trinajstić information content (AvgIpc) is 2.53. The first kappa shape index (κ1) is 13.7. The molecule has 2 nitrogen and oxygen atoms in total. The number of halogens is 1. The standard InChI is InChI=1S/C18H16FNO/c1-2-18(21,14-6-3-7-16(19)11-14)15-9-8-13-5-4-10-20-17(13)12-15/h3-12,21H,2H2,1H3. The highest BCUT2D eigenvalue weighted by atomic mass is 19.1. The lowest BCUT2D eigenvalue weighted by Gasteiger charge is -2.28. The molecule has 0 saturated carbocycles. The zero-order valence-corrected chi connectivity index (χ0v) is 11.8. The average molecular weight is 281 g/mol. The third-order valence-electron chi connectivity index (χ3n) is 3.90. The lowest BCUT2D eigenvalue weighted by molar-refractivity contribution is 0.0763. The number of nitrogens with zero attached hydrogens (tertiary/aromatic N) is 1. The van der Waals surface area contributed by atoms with Gasteiger partial charge in [-0.1, -0.05) is 37.3 Å². The van der Waals surface area contributed by atoms with Crippen molar-refractivity contribution in [3.05, 3.63) is 77.7 Å². The Morgan fingerprint density at radius 3 is 2.62 bits per heavy atom. The largest absolute Gasteiger partial charge is 0.380 e. The van der Waals surface area contributed by atoms with Crippen molar-refractivity contribution >= 4 is 10.9 Å². The second-order valence-corrected chi connectivity index (χ2v) is 5.14. The Bertz CT molecular complexity index is 787. The topological polar surface area (TPSA) is 33.1 Å². The quantitative estimate of drug-likeness (QED) is 0.786. The Morgan fingerprint density at radius 1 is 1.05 bits per heavy atom. The predicted octanol–water partition coefficient (Wildman–Crippen LogP) is 4.02. The van der Waals surface area contributed by atoms with Gasteiger partial charge in [-0.3, -0.25) is 4.98 Å². The zero-order chi connectivity index (χ0) is 14.9. The van der Waals surface area contributed by atoms with Gasteiger partial charge in [-0.05, 0) is 41.8 Å². The van der Waals surface area contributed by atoms with Crippen molar-refractivity contribution in [3.63, 3.8) is 0 Å². The molecule has 21 heavy (non-hydrogen) atoms. The van der Waals surface area contributed by atoms with Crippen LogP contribution in [0.15, 0.2) is 60.8 Å². The van der Waals surface area contributed by atoms with Gasteiger partial charge in [0.2, 0.25) is 0 Å². The van der Waals surface area contributed by atoms with Crippen LogP contribution in [0.4, 0.5) is 4.39 Å². The molecule has 3 heteroatoms. The molecule has 0 aliphatic rings. The monoisotopic (exact) mass is 281 g/mol. The van der Waals surface area contributed by atoms with Crippen LogP contribution in [0, 0.1) is 5.82 Å². The van der Waals surface area contributed by atoms with E-state index >= 15 is 0 Å². The van der Waals surface area contributed by atoms with Crippen molar-refractivity contribution in [3.8, 4) is 0 Å². The summed E-state index contributed by atoms with van der Waals surface area (Å²) in [4.78, 5) is 4.32. The molecule has 0 fully saturated rings. The van der Waals surface area contributed by atoms with Crippen LogP contribution in [-0.2, 0) is 5.60 Å². The van der Waals surface area contributed by atoms with E-state index in [0.29, 0.717) is 12.0 Å². The first-order valence-electron chi connectivity index (χ1n) is 6.97. The zero-order valence-electron chi connectivity index (χ0n) is 11.8. The fraction of sp³-hybridized carbons (Fsp3) is 0.167. The Morgan fingerprint density at radius 2 is 1.86 bits per heavy atom. The second-order valence-electron chi connectivity index (χ2n) is 5.14. The Balaban J connectivity index is 2.16. The van der Waals surface area contributed by atoms with Crippen LogP contribution in [-0.4, -0.2) is 10.1 Å². The lowest BCUT2D eigenvalue weighted by Crippen LogP contribution is -2.26. The minimum atomic E-state index is -1.21. The van der Waals surface area contributed by atoms with Gasteiger partial charge in [0.25, 0.3) is 0 Å². The second kappa shape index (κ2) is 5.26. The molecule has 1 heterocycles. The molecule has 0 bridgehead atoms. The van der Waals surface area contributed by atoms with Crippen molar-refractivity contribution in [2.24, 2.45) is 0 Å². The molecular weight excluding hydrogens is 265 g/mol. The first-order chi connectivity index (χ1) is 10.1. The van der Waals surface area contributed by atoms with E-state index in [1.54, 1.807) is 18.3 Å². The normalized spacial score (nSPS) is 14.0. The third kappa shape index (κ3) is 2.41. The molecule has 1 N–H and O–H groups in total. The molecule has 0 spiro atoms. The van der Waals surface area contributed by atoms with Crippen molar-refractivity contribution in [1.82, 2.24) is 4.98 Å². The minimum Gasteiger partial charge on any atom is -0.380 e. The molecule has 0 saturated heterocycles. The predicted molar refractivity (Wildman–Crippen MR) is 81.4 cm³/mol. The summed E-state index contributed by atoms with van der Waals surface area (Å²) >= 11 is 0. The smallest absolute Gasteiger partial charge is 0.123 e. The summed E-state index contributed by atoms with van der Waals surface area (Å²) in [5, 5.41) is 12.1. The molecule has 1 unspecified atom stereocenters. The van der Waals surface area contributed by atoms with Crippen molar-refractivity contribution in [2.75, 3.05) is 0 Å². The van der Waals surface area contributed by atoms with E-state index in [0.717, 1.165) is 16.5 Å². The number of rotatable bonds is 3. The van der Waals surface area contributed by atoms with Crippen LogP contribution in [0.5, 0.6) is 0 Å². The highest BCUT2D eigenvalue weighted by Crippen LogP contribution is 2.34. The van der Waals surface area contributed by atoms with E-state index in [-0.39, 0.29) is 5.82 Å². The lowest BCUT2D eigenvalue weighted by atomic mass is 9.84. The maximum Gasteiger partial charge on any atom is 0.123 e. The summed E-state index contributed by atoms with van der Waals surface area (Å²) < 4.78 is 13.5. The van der Waals surface area contributed by atoms with Gasteiger partial charge in [0.1, 0.15) is 11.4 Å². The van der Waals surface area contributed by atoms with Crippen LogP contribution in [0.1, 0.15) is 24.5 Å². The molecule has 0 radical (unpaired) electrons. The van der Waals surface area contributed by atoms with Gasteiger partial charge in [-0.15, -0.1) is 0 Å². The fourth-order valence-corrected chi connectivity index (χ4v) is 2.64. The number of hydrogen-bond acceptors (Lipinski definition) is 2. The Labute approximate surface area is 122 Å². The highest BCUT2D eigenvalue weighted by Gasteiger charge is 2.30. The number of aliphatic hydroxyl groups is 1. The summed E-state index contributed by atoms with van der Waals surface area (Å²) in [5.74, 6) is -0.349. The molecule has 0 aliphatic heterocycles. The Kier molecular flexibility index (Phi) is 3.43. The van der Waals surface area contributed by atoms with Crippen molar-refractivity contribution in [2.45, 2.75) is 18.9 Å². The van der Waals surface area contributed by atoms with Crippen LogP contribution in [0.2, 0.25) is 0 Å². The summed E-state index contributed by atoms with van der Waals surface area (Å²) in [5.41, 5.74) is 0.883. The van der Waals surface area contributed by atoms with Gasteiger partial charge in [-0.2, -0.15) is 0 Å². The molecule has 0 aliphatic carbocycles. The highest BCUT2D eigenvalue weighted by molar-refractivity contribution is 5.79. The minimum absolute atomic E-state index is 0.349. The number of hydrogen-bond donors (Lipinski definition) is 1. The van der Waals surface area contributed by atoms with E-state index in [9.17, 15) is 9.50 Å². The van der Waals surface area contributed by atoms with E-state index < -0.39 is 5.60 Å². The van der Waals surface area contributed by atoms with Gasteiger partial charge < -0.3 is 5.11 Å². The maximum absolute atomic E-state index is 13.5. The number of aromatic nitrogens is 1. The summed E-state index contributed by atoms with van der Waals surface area (Å²) in [6.45, 7) is 1.88. The van der Waals surface area contributed by atoms with E-state index in [2.05, 4.69) is 4.98 Å². The van der Waals surface area contributed by atoms with Gasteiger partial charge in [0, 0.05) is 11.6 Å². The SMILES string of the molecule is CCC(O)(c1cccc(F)c1)c1ccc2cccnc2c1. The molecular formula is C18H16FNO. The van der Waals surface area contributed by atoms with Crippen LogP contribution >= 0.6 is 0 Å². The van der Waals surface area contributed by atoms with Gasteiger partial charge in [0.15, 0.2) is 0 Å². The first-order valence-corrected chi connectivity index (χ1v) is 6.97. The molecule has 106 valence electrons. The third-order valence-corrected chi connectivity index (χ3v) is 3.90. The van der Waals surface area contributed by atoms with E-state index in [1.165, 1.54) is 12.1 Å². The van der Waals surface area contributed by atoms with E-state index in [1.807, 2.05) is 37.3 Å². The van der Waals surface area contributed by atoms with Gasteiger partial charge >= 0.3 is 0 Å². The Hall–Kier alpha value is -2.26. The molecule has 3 aromatic rings. The maximum atomic E-state index is 13.5. The van der Waals surface area contributed by atoms with Crippen molar-refractivity contribution < 1.29 is 9.50 Å². The van der Waals surface area contributed by atoms with E-state index in [4.69, 9.17) is 0 Å². The number of benzene rings is 2. The molecule has 1 aromatic heterocycles. The molecule has 0 amide bonds. The number of fused-ring (bicyclic) bond motifs is 1. The van der Waals surface area contributed by atoms with Crippen LogP contribution in [0.3, 0.4) is 0 Å². The van der Waals surface area contributed by atoms with Gasteiger partial charge in [0.05, 0.1) is 5.52 Å². The molecule has 1 atom stereocenters. The van der Waals surface area contributed by atoms with Gasteiger partial charge in [-0.25, -0.2) is 4.39 Å². The summed E-state index contributed by atoms with van der Waals surface area (Å²) in [6, 6.07) is 15.6. The van der Waals surface area contributed by atoms with Crippen molar-refractivity contribution in [1.29, 1.82) is 0 Å². The van der Waals surface area contributed by atoms with Crippen LogP contribution in [0.25, 0.3) is 10.9 Å². The molecule has 2 aromatic carbocycles. The number of pyridine rings is 1. The van der Waals surface area contributed by atoms with Crippen LogP contribution < -0.4 is 0 Å². The summed E-state index contributed by atoms with van der Waals surface area (Å²) in [7, 11) is 0. The summed E-state index contributed by atoms with van der Waals surface area (Å²) in [6.07, 6.45) is 2.17. The fourth-order valence-electron chi connectivity index (χ4n) is 2.64. The molecule has 3 rings (SSSR count).